The predicted molar refractivity (Wildman–Crippen MR) is 132 cm³/mol. The number of aldehydes is 1. The zero-order valence-electron chi connectivity index (χ0n) is 20.6. The number of likely N-dealkylation sites (N-methyl/N-ethyl adjacent to an activating group) is 1. The third-order valence-corrected chi connectivity index (χ3v) is 6.70. The van der Waals surface area contributed by atoms with E-state index in [0.717, 1.165) is 18.7 Å². The van der Waals surface area contributed by atoms with Crippen LogP contribution in [0.2, 0.25) is 0 Å². The number of hydrogen-bond acceptors (Lipinski definition) is 8. The Morgan fingerprint density at radius 2 is 2.00 bits per heavy atom. The first kappa shape index (κ1) is 26.7. The zero-order valence-corrected chi connectivity index (χ0v) is 20.6. The molecule has 2 aromatic rings. The molecule has 2 aromatic carbocycles. The maximum Gasteiger partial charge on any atom is 0.281 e. The van der Waals surface area contributed by atoms with Crippen molar-refractivity contribution in [2.75, 3.05) is 38.7 Å². The van der Waals surface area contributed by atoms with E-state index in [1.54, 1.807) is 18.2 Å². The van der Waals surface area contributed by atoms with Crippen molar-refractivity contribution >= 4 is 23.8 Å². The SMILES string of the molecule is CNC(=O)C(CCC=O)N1C(=O)c2cccc(NCc3ccc(CN4CCOCC4)cc3F)c2C1(O)O. The summed E-state index contributed by atoms with van der Waals surface area (Å²) in [4.78, 5) is 39.4. The van der Waals surface area contributed by atoms with E-state index in [2.05, 4.69) is 15.5 Å². The Labute approximate surface area is 214 Å². The Morgan fingerprint density at radius 3 is 2.68 bits per heavy atom. The third-order valence-electron chi connectivity index (χ3n) is 6.70. The molecular weight excluding hydrogens is 483 g/mol. The Morgan fingerprint density at radius 1 is 1.24 bits per heavy atom. The van der Waals surface area contributed by atoms with E-state index in [4.69, 9.17) is 4.74 Å². The number of aliphatic hydroxyl groups is 2. The first-order valence-corrected chi connectivity index (χ1v) is 12.2. The van der Waals surface area contributed by atoms with Gasteiger partial charge >= 0.3 is 0 Å². The van der Waals surface area contributed by atoms with Crippen molar-refractivity contribution in [1.29, 1.82) is 0 Å². The van der Waals surface area contributed by atoms with Crippen LogP contribution in [0.1, 0.15) is 39.9 Å². The largest absolute Gasteiger partial charge is 0.380 e. The molecule has 1 atom stereocenters. The Kier molecular flexibility index (Phi) is 8.18. The second kappa shape index (κ2) is 11.3. The summed E-state index contributed by atoms with van der Waals surface area (Å²) in [7, 11) is 1.36. The number of carbonyl (C=O) groups excluding carboxylic acids is 3. The van der Waals surface area contributed by atoms with Crippen molar-refractivity contribution in [3.63, 3.8) is 0 Å². The quantitative estimate of drug-likeness (QED) is 0.272. The van der Waals surface area contributed by atoms with E-state index in [-0.39, 0.29) is 36.2 Å². The summed E-state index contributed by atoms with van der Waals surface area (Å²) >= 11 is 0. The minimum Gasteiger partial charge on any atom is -0.380 e. The van der Waals surface area contributed by atoms with Gasteiger partial charge in [-0.3, -0.25) is 19.4 Å². The van der Waals surface area contributed by atoms with Crippen LogP contribution < -0.4 is 10.6 Å². The highest BCUT2D eigenvalue weighted by Crippen LogP contribution is 2.42. The molecular formula is C26H31FN4O6. The summed E-state index contributed by atoms with van der Waals surface area (Å²) in [5, 5.41) is 27.6. The highest BCUT2D eigenvalue weighted by molar-refractivity contribution is 6.03. The second-order valence-corrected chi connectivity index (χ2v) is 9.08. The molecule has 2 amide bonds. The number of nitrogens with zero attached hydrogens (tertiary/aromatic N) is 2. The van der Waals surface area contributed by atoms with Crippen molar-refractivity contribution in [1.82, 2.24) is 15.1 Å². The predicted octanol–water partition coefficient (Wildman–Crippen LogP) is 0.914. The highest BCUT2D eigenvalue weighted by Gasteiger charge is 2.53. The molecule has 1 unspecified atom stereocenters. The normalized spacial score (nSPS) is 17.8. The number of morpholine rings is 1. The zero-order chi connectivity index (χ0) is 26.6. The van der Waals surface area contributed by atoms with Crippen LogP contribution in [-0.4, -0.2) is 77.5 Å². The van der Waals surface area contributed by atoms with Crippen LogP contribution in [0.3, 0.4) is 0 Å². The van der Waals surface area contributed by atoms with Gasteiger partial charge in [0.1, 0.15) is 18.1 Å². The van der Waals surface area contributed by atoms with E-state index in [1.165, 1.54) is 19.2 Å². The number of halogens is 1. The molecule has 0 saturated carbocycles. The highest BCUT2D eigenvalue weighted by atomic mass is 19.1. The van der Waals surface area contributed by atoms with Gasteiger partial charge in [0.25, 0.3) is 11.8 Å². The fourth-order valence-electron chi connectivity index (χ4n) is 4.80. The van der Waals surface area contributed by atoms with Gasteiger partial charge in [0.2, 0.25) is 5.91 Å². The molecule has 37 heavy (non-hydrogen) atoms. The maximum atomic E-state index is 14.9. The summed E-state index contributed by atoms with van der Waals surface area (Å²) in [6, 6.07) is 8.24. The summed E-state index contributed by atoms with van der Waals surface area (Å²) in [6.45, 7) is 3.54. The fourth-order valence-corrected chi connectivity index (χ4v) is 4.80. The molecule has 2 heterocycles. The molecule has 0 aromatic heterocycles. The van der Waals surface area contributed by atoms with Gasteiger partial charge in [-0.25, -0.2) is 4.39 Å². The number of amides is 2. The molecule has 10 nitrogen and oxygen atoms in total. The minimum absolute atomic E-state index is 0.00339. The average molecular weight is 515 g/mol. The summed E-state index contributed by atoms with van der Waals surface area (Å²) < 4.78 is 20.2. The summed E-state index contributed by atoms with van der Waals surface area (Å²) in [6.07, 6.45) is 0.449. The molecule has 198 valence electrons. The molecule has 0 radical (unpaired) electrons. The topological polar surface area (TPSA) is 131 Å². The molecule has 1 fully saturated rings. The Hall–Kier alpha value is -3.38. The van der Waals surface area contributed by atoms with E-state index in [9.17, 15) is 29.0 Å². The number of hydrogen-bond donors (Lipinski definition) is 4. The molecule has 0 spiro atoms. The molecule has 4 rings (SSSR count). The van der Waals surface area contributed by atoms with Crippen molar-refractivity contribution in [2.45, 2.75) is 37.9 Å². The lowest BCUT2D eigenvalue weighted by molar-refractivity contribution is -0.258. The number of anilines is 1. The second-order valence-electron chi connectivity index (χ2n) is 9.08. The fraction of sp³-hybridized carbons (Fsp3) is 0.423. The number of rotatable bonds is 10. The van der Waals surface area contributed by atoms with Gasteiger partial charge in [0, 0.05) is 50.9 Å². The van der Waals surface area contributed by atoms with Gasteiger partial charge in [0.05, 0.1) is 24.3 Å². The molecule has 11 heteroatoms. The maximum absolute atomic E-state index is 14.9. The number of fused-ring (bicyclic) bond motifs is 1. The van der Waals surface area contributed by atoms with Crippen LogP contribution in [0.15, 0.2) is 36.4 Å². The van der Waals surface area contributed by atoms with Crippen molar-refractivity contribution in [2.24, 2.45) is 0 Å². The number of ether oxygens (including phenoxy) is 1. The van der Waals surface area contributed by atoms with Gasteiger partial charge in [-0.15, -0.1) is 0 Å². The van der Waals surface area contributed by atoms with Crippen molar-refractivity contribution < 1.29 is 33.7 Å². The lowest BCUT2D eigenvalue weighted by atomic mass is 10.0. The molecule has 0 bridgehead atoms. The summed E-state index contributed by atoms with van der Waals surface area (Å²) in [5.41, 5.74) is 1.27. The van der Waals surface area contributed by atoms with E-state index in [0.29, 0.717) is 36.5 Å². The van der Waals surface area contributed by atoms with Crippen LogP contribution >= 0.6 is 0 Å². The summed E-state index contributed by atoms with van der Waals surface area (Å²) in [5.74, 6) is -4.63. The number of carbonyl (C=O) groups is 3. The first-order valence-electron chi connectivity index (χ1n) is 12.2. The van der Waals surface area contributed by atoms with Crippen LogP contribution in [0.5, 0.6) is 0 Å². The van der Waals surface area contributed by atoms with Crippen molar-refractivity contribution in [3.8, 4) is 0 Å². The average Bonchev–Trinajstić information content (AvgIpc) is 3.10. The van der Waals surface area contributed by atoms with Crippen LogP contribution in [0.25, 0.3) is 0 Å². The van der Waals surface area contributed by atoms with E-state index < -0.39 is 29.6 Å². The molecule has 4 N–H and O–H groups in total. The van der Waals surface area contributed by atoms with Crippen molar-refractivity contribution in [3.05, 3.63) is 64.5 Å². The van der Waals surface area contributed by atoms with E-state index in [1.807, 2.05) is 6.07 Å². The van der Waals surface area contributed by atoms with E-state index >= 15 is 0 Å². The molecule has 0 aliphatic carbocycles. The number of nitrogens with one attached hydrogen (secondary N) is 2. The first-order chi connectivity index (χ1) is 17.8. The lowest BCUT2D eigenvalue weighted by Crippen LogP contribution is -2.55. The minimum atomic E-state index is -2.82. The van der Waals surface area contributed by atoms with Crippen LogP contribution in [0, 0.1) is 5.82 Å². The standard InChI is InChI=1S/C26H31FN4O6/c1-28-24(33)22(6-3-11-32)31-25(34)19-4-2-5-21(23(19)26(31,35)36)29-15-18-8-7-17(14-20(18)27)16-30-9-12-37-13-10-30/h2,4-5,7-8,11,14,22,29,35-36H,3,6,9-10,12-13,15-16H2,1H3,(H,28,33). The van der Waals surface area contributed by atoms with Gasteiger partial charge in [-0.05, 0) is 30.2 Å². The van der Waals surface area contributed by atoms with Crippen LogP contribution in [0.4, 0.5) is 10.1 Å². The smallest absolute Gasteiger partial charge is 0.281 e. The molecule has 2 aliphatic rings. The van der Waals surface area contributed by atoms with Gasteiger partial charge < -0.3 is 30.4 Å². The lowest BCUT2D eigenvalue weighted by Gasteiger charge is -2.35. The van der Waals surface area contributed by atoms with Gasteiger partial charge in [-0.1, -0.05) is 18.2 Å². The van der Waals surface area contributed by atoms with Gasteiger partial charge in [-0.2, -0.15) is 0 Å². The molecule has 2 aliphatic heterocycles. The van der Waals surface area contributed by atoms with Gasteiger partial charge in [0.15, 0.2) is 0 Å². The Balaban J connectivity index is 1.54. The van der Waals surface area contributed by atoms with Crippen LogP contribution in [-0.2, 0) is 33.3 Å². The number of benzene rings is 2. The Bertz CT molecular complexity index is 1170. The third kappa shape index (κ3) is 5.49. The monoisotopic (exact) mass is 514 g/mol. The molecule has 1 saturated heterocycles.